The van der Waals surface area contributed by atoms with Crippen LogP contribution in [-0.4, -0.2) is 66.3 Å². The highest BCUT2D eigenvalue weighted by atomic mass is 16.2. The van der Waals surface area contributed by atoms with Crippen molar-refractivity contribution in [3.8, 4) is 0 Å². The topological polar surface area (TPSA) is 81.8 Å². The molecular weight excluding hydrogens is 356 g/mol. The second kappa shape index (κ2) is 8.31. The number of benzene rings is 1. The highest BCUT2D eigenvalue weighted by Gasteiger charge is 2.33. The number of likely N-dealkylation sites (tertiary alicyclic amines) is 2. The average molecular weight is 384 g/mol. The number of carbonyl (C=O) groups excluding carboxylic acids is 3. The Hall–Kier alpha value is -2.41. The Kier molecular flexibility index (Phi) is 5.62. The Bertz CT molecular complexity index is 754. The molecule has 1 aromatic rings. The van der Waals surface area contributed by atoms with Crippen LogP contribution in [0.4, 0.5) is 5.69 Å². The third kappa shape index (κ3) is 4.35. The number of rotatable bonds is 5. The largest absolute Gasteiger partial charge is 0.374 e. The summed E-state index contributed by atoms with van der Waals surface area (Å²) >= 11 is 0. The normalized spacial score (nSPS) is 23.9. The molecule has 4 rings (SSSR count). The molecule has 0 spiro atoms. The Morgan fingerprint density at radius 3 is 2.68 bits per heavy atom. The highest BCUT2D eigenvalue weighted by molar-refractivity contribution is 6.01. The van der Waals surface area contributed by atoms with Crippen LogP contribution < -0.4 is 10.6 Å². The van der Waals surface area contributed by atoms with Crippen LogP contribution in [0.3, 0.4) is 0 Å². The van der Waals surface area contributed by atoms with E-state index in [0.717, 1.165) is 25.3 Å². The zero-order chi connectivity index (χ0) is 19.5. The smallest absolute Gasteiger partial charge is 0.253 e. The molecule has 0 saturated carbocycles. The number of amides is 3. The molecule has 1 aromatic carbocycles. The number of anilines is 1. The fraction of sp³-hybridized carbons (Fsp3) is 0.571. The lowest BCUT2D eigenvalue weighted by Gasteiger charge is -2.42. The zero-order valence-electron chi connectivity index (χ0n) is 16.2. The summed E-state index contributed by atoms with van der Waals surface area (Å²) in [5, 5.41) is 5.48. The van der Waals surface area contributed by atoms with Gasteiger partial charge < -0.3 is 15.1 Å². The van der Waals surface area contributed by atoms with Gasteiger partial charge in [0.2, 0.25) is 11.8 Å². The van der Waals surface area contributed by atoms with E-state index in [1.165, 1.54) is 32.4 Å². The van der Waals surface area contributed by atoms with Crippen molar-refractivity contribution in [2.45, 2.75) is 38.1 Å². The number of imide groups is 1. The van der Waals surface area contributed by atoms with E-state index in [-0.39, 0.29) is 17.7 Å². The number of hydrogen-bond donors (Lipinski definition) is 2. The third-order valence-corrected chi connectivity index (χ3v) is 5.90. The van der Waals surface area contributed by atoms with Gasteiger partial charge in [0, 0.05) is 43.2 Å². The van der Waals surface area contributed by atoms with Gasteiger partial charge in [0.15, 0.2) is 0 Å². The standard InChI is InChI=1S/C21H28N4O3/c26-19-8-7-18(20(27)23-19)22-17-6-4-5-16(11-17)21(28)25-13-15(14-25)12-24-9-2-1-3-10-24/h4-6,11,15,18,22H,1-3,7-10,12-14H2,(H,23,26,27). The lowest BCUT2D eigenvalue weighted by molar-refractivity contribution is -0.133. The average Bonchev–Trinajstić information content (AvgIpc) is 2.67. The summed E-state index contributed by atoms with van der Waals surface area (Å²) in [6, 6.07) is 6.84. The van der Waals surface area contributed by atoms with Gasteiger partial charge in [-0.2, -0.15) is 0 Å². The van der Waals surface area contributed by atoms with Gasteiger partial charge in [0.25, 0.3) is 5.91 Å². The van der Waals surface area contributed by atoms with Gasteiger partial charge >= 0.3 is 0 Å². The van der Waals surface area contributed by atoms with Crippen molar-refractivity contribution >= 4 is 23.4 Å². The monoisotopic (exact) mass is 384 g/mol. The second-order valence-electron chi connectivity index (χ2n) is 8.17. The number of carbonyl (C=O) groups is 3. The summed E-state index contributed by atoms with van der Waals surface area (Å²) in [5.41, 5.74) is 1.36. The highest BCUT2D eigenvalue weighted by Crippen LogP contribution is 2.23. The Morgan fingerprint density at radius 1 is 1.14 bits per heavy atom. The first-order chi connectivity index (χ1) is 13.6. The number of piperidine rings is 2. The van der Waals surface area contributed by atoms with Gasteiger partial charge in [-0.05, 0) is 50.6 Å². The number of nitrogens with one attached hydrogen (secondary N) is 2. The summed E-state index contributed by atoms with van der Waals surface area (Å²) in [7, 11) is 0. The molecule has 1 unspecified atom stereocenters. The predicted molar refractivity (Wildman–Crippen MR) is 106 cm³/mol. The number of hydrogen-bond acceptors (Lipinski definition) is 5. The fourth-order valence-electron chi connectivity index (χ4n) is 4.32. The van der Waals surface area contributed by atoms with Gasteiger partial charge in [-0.3, -0.25) is 19.7 Å². The van der Waals surface area contributed by atoms with E-state index < -0.39 is 6.04 Å². The molecule has 1 atom stereocenters. The van der Waals surface area contributed by atoms with Crippen LogP contribution in [0.1, 0.15) is 42.5 Å². The van der Waals surface area contributed by atoms with Gasteiger partial charge in [-0.25, -0.2) is 0 Å². The van der Waals surface area contributed by atoms with Crippen LogP contribution in [0.5, 0.6) is 0 Å². The van der Waals surface area contributed by atoms with E-state index in [1.54, 1.807) is 6.07 Å². The quantitative estimate of drug-likeness (QED) is 0.751. The van der Waals surface area contributed by atoms with Crippen molar-refractivity contribution in [1.29, 1.82) is 0 Å². The summed E-state index contributed by atoms with van der Waals surface area (Å²) < 4.78 is 0. The summed E-state index contributed by atoms with van der Waals surface area (Å²) in [5.74, 6) is 0.0776. The molecule has 3 aliphatic rings. The maximum Gasteiger partial charge on any atom is 0.253 e. The van der Waals surface area contributed by atoms with E-state index in [0.29, 0.717) is 24.3 Å². The lowest BCUT2D eigenvalue weighted by Crippen LogP contribution is -2.54. The van der Waals surface area contributed by atoms with Crippen molar-refractivity contribution in [3.05, 3.63) is 29.8 Å². The van der Waals surface area contributed by atoms with E-state index >= 15 is 0 Å². The Morgan fingerprint density at radius 2 is 1.93 bits per heavy atom. The minimum atomic E-state index is -0.444. The summed E-state index contributed by atoms with van der Waals surface area (Å²) in [6.45, 7) is 5.12. The van der Waals surface area contributed by atoms with Gasteiger partial charge in [-0.15, -0.1) is 0 Å². The number of nitrogens with zero attached hydrogens (tertiary/aromatic N) is 2. The molecule has 150 valence electrons. The van der Waals surface area contributed by atoms with E-state index in [1.807, 2.05) is 23.1 Å². The maximum atomic E-state index is 12.8. The molecule has 0 aromatic heterocycles. The van der Waals surface area contributed by atoms with Crippen LogP contribution >= 0.6 is 0 Å². The molecule has 3 amide bonds. The molecule has 2 N–H and O–H groups in total. The molecule has 7 heteroatoms. The third-order valence-electron chi connectivity index (χ3n) is 5.90. The summed E-state index contributed by atoms with van der Waals surface area (Å²) in [4.78, 5) is 40.4. The predicted octanol–water partition coefficient (Wildman–Crippen LogP) is 1.46. The van der Waals surface area contributed by atoms with Crippen LogP contribution in [0, 0.1) is 5.92 Å². The fourth-order valence-corrected chi connectivity index (χ4v) is 4.32. The lowest BCUT2D eigenvalue weighted by atomic mass is 9.97. The zero-order valence-corrected chi connectivity index (χ0v) is 16.2. The van der Waals surface area contributed by atoms with Gasteiger partial charge in [-0.1, -0.05) is 12.5 Å². The second-order valence-corrected chi connectivity index (χ2v) is 8.17. The first kappa shape index (κ1) is 18.9. The summed E-state index contributed by atoms with van der Waals surface area (Å²) in [6.07, 6.45) is 4.72. The molecule has 3 aliphatic heterocycles. The molecule has 0 radical (unpaired) electrons. The molecule has 3 saturated heterocycles. The van der Waals surface area contributed by atoms with Gasteiger partial charge in [0.1, 0.15) is 6.04 Å². The van der Waals surface area contributed by atoms with E-state index in [2.05, 4.69) is 15.5 Å². The van der Waals surface area contributed by atoms with Crippen LogP contribution in [0.25, 0.3) is 0 Å². The van der Waals surface area contributed by atoms with Crippen molar-refractivity contribution in [3.63, 3.8) is 0 Å². The Labute approximate surface area is 165 Å². The molecule has 0 bridgehead atoms. The van der Waals surface area contributed by atoms with Crippen LogP contribution in [0.2, 0.25) is 0 Å². The Balaban J connectivity index is 1.30. The van der Waals surface area contributed by atoms with Crippen molar-refractivity contribution in [2.75, 3.05) is 38.0 Å². The van der Waals surface area contributed by atoms with Crippen molar-refractivity contribution < 1.29 is 14.4 Å². The SMILES string of the molecule is O=C1CCC(Nc2cccc(C(=O)N3CC(CN4CCCCC4)C3)c2)C(=O)N1. The van der Waals surface area contributed by atoms with Crippen molar-refractivity contribution in [1.82, 2.24) is 15.1 Å². The van der Waals surface area contributed by atoms with E-state index in [9.17, 15) is 14.4 Å². The van der Waals surface area contributed by atoms with Crippen molar-refractivity contribution in [2.24, 2.45) is 5.92 Å². The maximum absolute atomic E-state index is 12.8. The minimum Gasteiger partial charge on any atom is -0.374 e. The minimum absolute atomic E-state index is 0.0433. The molecule has 3 fully saturated rings. The molecule has 28 heavy (non-hydrogen) atoms. The molecule has 3 heterocycles. The molecule has 0 aliphatic carbocycles. The van der Waals surface area contributed by atoms with Gasteiger partial charge in [0.05, 0.1) is 0 Å². The first-order valence-electron chi connectivity index (χ1n) is 10.3. The van der Waals surface area contributed by atoms with Crippen LogP contribution in [-0.2, 0) is 9.59 Å². The van der Waals surface area contributed by atoms with Crippen LogP contribution in [0.15, 0.2) is 24.3 Å². The molecule has 7 nitrogen and oxygen atoms in total. The molecular formula is C21H28N4O3. The van der Waals surface area contributed by atoms with E-state index in [4.69, 9.17) is 0 Å². The first-order valence-corrected chi connectivity index (χ1v) is 10.3.